The van der Waals surface area contributed by atoms with Gasteiger partial charge in [0.05, 0.1) is 11.4 Å². The molecule has 4 heteroatoms. The molecule has 1 aromatic carbocycles. The number of nitrogen functional groups attached to an aromatic ring is 1. The standard InChI is InChI=1S/C17H27N3O/c1-11(2)17(21)19-15-9-16(13(4)8-14(15)18)20-7-5-6-12(3)10-20/h8-9,11-12H,5-7,10,18H2,1-4H3,(H,19,21)/t12-/m0/s1. The Morgan fingerprint density at radius 1 is 1.43 bits per heavy atom. The van der Waals surface area contributed by atoms with Gasteiger partial charge in [0.2, 0.25) is 5.91 Å². The molecule has 21 heavy (non-hydrogen) atoms. The third-order valence-electron chi connectivity index (χ3n) is 4.15. The molecule has 1 fully saturated rings. The molecule has 2 rings (SSSR count). The Kier molecular flexibility index (Phi) is 4.76. The maximum atomic E-state index is 11.9. The fraction of sp³-hybridized carbons (Fsp3) is 0.588. The number of carbonyl (C=O) groups is 1. The van der Waals surface area contributed by atoms with Crippen LogP contribution < -0.4 is 16.0 Å². The average Bonchev–Trinajstić information content (AvgIpc) is 2.41. The molecule has 0 radical (unpaired) electrons. The normalized spacial score (nSPS) is 18.9. The molecule has 1 aliphatic heterocycles. The molecule has 0 aromatic heterocycles. The molecule has 4 nitrogen and oxygen atoms in total. The summed E-state index contributed by atoms with van der Waals surface area (Å²) in [6.07, 6.45) is 2.51. The van der Waals surface area contributed by atoms with E-state index in [2.05, 4.69) is 24.1 Å². The summed E-state index contributed by atoms with van der Waals surface area (Å²) in [4.78, 5) is 14.3. The van der Waals surface area contributed by atoms with Crippen LogP contribution in [0, 0.1) is 18.8 Å². The van der Waals surface area contributed by atoms with Crippen LogP contribution in [-0.2, 0) is 4.79 Å². The van der Waals surface area contributed by atoms with Gasteiger partial charge < -0.3 is 16.0 Å². The number of nitrogens with zero attached hydrogens (tertiary/aromatic N) is 1. The van der Waals surface area contributed by atoms with Gasteiger partial charge in [-0.05, 0) is 43.4 Å². The number of hydrogen-bond acceptors (Lipinski definition) is 3. The van der Waals surface area contributed by atoms with E-state index in [0.717, 1.165) is 18.8 Å². The first kappa shape index (κ1) is 15.7. The first-order valence-corrected chi connectivity index (χ1v) is 7.84. The van der Waals surface area contributed by atoms with E-state index < -0.39 is 0 Å². The van der Waals surface area contributed by atoms with E-state index >= 15 is 0 Å². The highest BCUT2D eigenvalue weighted by Gasteiger charge is 2.19. The number of amides is 1. The van der Waals surface area contributed by atoms with Gasteiger partial charge in [0.1, 0.15) is 0 Å². The number of piperidine rings is 1. The maximum Gasteiger partial charge on any atom is 0.226 e. The molecule has 0 aliphatic carbocycles. The minimum absolute atomic E-state index is 0.00325. The van der Waals surface area contributed by atoms with Gasteiger partial charge in [-0.25, -0.2) is 0 Å². The van der Waals surface area contributed by atoms with Crippen LogP contribution in [0.3, 0.4) is 0 Å². The zero-order chi connectivity index (χ0) is 15.6. The molecule has 0 bridgehead atoms. The topological polar surface area (TPSA) is 58.4 Å². The smallest absolute Gasteiger partial charge is 0.226 e. The highest BCUT2D eigenvalue weighted by Crippen LogP contribution is 2.32. The van der Waals surface area contributed by atoms with E-state index in [-0.39, 0.29) is 11.8 Å². The number of benzene rings is 1. The molecule has 3 N–H and O–H groups in total. The first-order chi connectivity index (χ1) is 9.88. The van der Waals surface area contributed by atoms with Crippen LogP contribution in [0.2, 0.25) is 0 Å². The number of carbonyl (C=O) groups excluding carboxylic acids is 1. The number of rotatable bonds is 3. The monoisotopic (exact) mass is 289 g/mol. The van der Waals surface area contributed by atoms with Crippen molar-refractivity contribution < 1.29 is 4.79 Å². The molecule has 1 aliphatic rings. The largest absolute Gasteiger partial charge is 0.397 e. The highest BCUT2D eigenvalue weighted by atomic mass is 16.1. The summed E-state index contributed by atoms with van der Waals surface area (Å²) >= 11 is 0. The van der Waals surface area contributed by atoms with Crippen LogP contribution >= 0.6 is 0 Å². The summed E-state index contributed by atoms with van der Waals surface area (Å²) in [5, 5.41) is 2.94. The summed E-state index contributed by atoms with van der Waals surface area (Å²) in [5.41, 5.74) is 9.79. The fourth-order valence-corrected chi connectivity index (χ4v) is 2.85. The first-order valence-electron chi connectivity index (χ1n) is 7.84. The lowest BCUT2D eigenvalue weighted by atomic mass is 9.98. The molecule has 1 saturated heterocycles. The highest BCUT2D eigenvalue weighted by molar-refractivity contribution is 5.96. The number of hydrogen-bond donors (Lipinski definition) is 2. The minimum atomic E-state index is -0.0517. The van der Waals surface area contributed by atoms with Crippen molar-refractivity contribution in [3.63, 3.8) is 0 Å². The van der Waals surface area contributed by atoms with Gasteiger partial charge in [0, 0.05) is 24.7 Å². The van der Waals surface area contributed by atoms with Crippen molar-refractivity contribution in [3.05, 3.63) is 17.7 Å². The molecule has 0 saturated carbocycles. The van der Waals surface area contributed by atoms with Crippen molar-refractivity contribution >= 4 is 23.0 Å². The Morgan fingerprint density at radius 3 is 2.76 bits per heavy atom. The molecule has 116 valence electrons. The third-order valence-corrected chi connectivity index (χ3v) is 4.15. The van der Waals surface area contributed by atoms with Crippen LogP contribution in [0.5, 0.6) is 0 Å². The summed E-state index contributed by atoms with van der Waals surface area (Å²) in [6, 6.07) is 3.99. The lowest BCUT2D eigenvalue weighted by molar-refractivity contribution is -0.118. The second kappa shape index (κ2) is 6.37. The van der Waals surface area contributed by atoms with E-state index in [4.69, 9.17) is 5.73 Å². The molecule has 1 heterocycles. The molecule has 1 aromatic rings. The summed E-state index contributed by atoms with van der Waals surface area (Å²) in [5.74, 6) is 0.664. The second-order valence-electron chi connectivity index (χ2n) is 6.56. The molecule has 1 amide bonds. The molecular formula is C17H27N3O. The van der Waals surface area contributed by atoms with Gasteiger partial charge in [-0.15, -0.1) is 0 Å². The second-order valence-corrected chi connectivity index (χ2v) is 6.56. The van der Waals surface area contributed by atoms with Crippen molar-refractivity contribution in [2.75, 3.05) is 29.0 Å². The van der Waals surface area contributed by atoms with Crippen molar-refractivity contribution in [2.24, 2.45) is 11.8 Å². The quantitative estimate of drug-likeness (QED) is 0.838. The summed E-state index contributed by atoms with van der Waals surface area (Å²) in [7, 11) is 0. The van der Waals surface area contributed by atoms with E-state index in [1.807, 2.05) is 26.0 Å². The van der Waals surface area contributed by atoms with Crippen LogP contribution in [0.15, 0.2) is 12.1 Å². The third kappa shape index (κ3) is 3.69. The van der Waals surface area contributed by atoms with Crippen molar-refractivity contribution in [1.29, 1.82) is 0 Å². The lowest BCUT2D eigenvalue weighted by Crippen LogP contribution is -2.34. The fourth-order valence-electron chi connectivity index (χ4n) is 2.85. The Morgan fingerprint density at radius 2 is 2.14 bits per heavy atom. The number of aryl methyl sites for hydroxylation is 1. The zero-order valence-corrected chi connectivity index (χ0v) is 13.6. The van der Waals surface area contributed by atoms with Gasteiger partial charge in [0.15, 0.2) is 0 Å². The molecular weight excluding hydrogens is 262 g/mol. The Labute approximate surface area is 127 Å². The van der Waals surface area contributed by atoms with Crippen LogP contribution in [-0.4, -0.2) is 19.0 Å². The van der Waals surface area contributed by atoms with E-state index in [1.54, 1.807) is 0 Å². The van der Waals surface area contributed by atoms with Gasteiger partial charge in [-0.2, -0.15) is 0 Å². The minimum Gasteiger partial charge on any atom is -0.397 e. The molecule has 1 atom stereocenters. The Bertz CT molecular complexity index is 525. The molecule has 0 unspecified atom stereocenters. The number of nitrogens with two attached hydrogens (primary N) is 1. The van der Waals surface area contributed by atoms with E-state index in [9.17, 15) is 4.79 Å². The predicted octanol–water partition coefficient (Wildman–Crippen LogP) is 3.41. The van der Waals surface area contributed by atoms with E-state index in [1.165, 1.54) is 24.1 Å². The summed E-state index contributed by atoms with van der Waals surface area (Å²) < 4.78 is 0. The lowest BCUT2D eigenvalue weighted by Gasteiger charge is -2.34. The zero-order valence-electron chi connectivity index (χ0n) is 13.6. The predicted molar refractivity (Wildman–Crippen MR) is 89.7 cm³/mol. The van der Waals surface area contributed by atoms with Crippen LogP contribution in [0.1, 0.15) is 39.2 Å². The maximum absolute atomic E-state index is 11.9. The number of nitrogens with one attached hydrogen (secondary N) is 1. The van der Waals surface area contributed by atoms with Crippen molar-refractivity contribution in [2.45, 2.75) is 40.5 Å². The summed E-state index contributed by atoms with van der Waals surface area (Å²) in [6.45, 7) is 10.3. The van der Waals surface area contributed by atoms with Crippen LogP contribution in [0.4, 0.5) is 17.1 Å². The van der Waals surface area contributed by atoms with Gasteiger partial charge in [-0.3, -0.25) is 4.79 Å². The Hall–Kier alpha value is -1.71. The Balaban J connectivity index is 2.27. The van der Waals surface area contributed by atoms with Gasteiger partial charge in [-0.1, -0.05) is 20.8 Å². The average molecular weight is 289 g/mol. The van der Waals surface area contributed by atoms with Gasteiger partial charge in [0.25, 0.3) is 0 Å². The SMILES string of the molecule is Cc1cc(N)c(NC(=O)C(C)C)cc1N1CCC[C@H](C)C1. The van der Waals surface area contributed by atoms with Crippen molar-refractivity contribution in [1.82, 2.24) is 0 Å². The van der Waals surface area contributed by atoms with E-state index in [0.29, 0.717) is 11.6 Å². The van der Waals surface area contributed by atoms with Gasteiger partial charge >= 0.3 is 0 Å². The number of anilines is 3. The van der Waals surface area contributed by atoms with Crippen LogP contribution in [0.25, 0.3) is 0 Å². The van der Waals surface area contributed by atoms with Crippen molar-refractivity contribution in [3.8, 4) is 0 Å². The molecule has 0 spiro atoms.